The van der Waals surface area contributed by atoms with Gasteiger partial charge in [-0.15, -0.1) is 0 Å². The number of rotatable bonds is 1. The minimum Gasteiger partial charge on any atom is -0.425 e. The Bertz CT molecular complexity index is 1390. The van der Waals surface area contributed by atoms with E-state index in [1.54, 1.807) is 5.57 Å². The summed E-state index contributed by atoms with van der Waals surface area (Å²) in [4.78, 5) is 14.7. The number of carbonyl (C=O) groups excluding carboxylic acids is 1. The fourth-order valence-corrected chi connectivity index (χ4v) is 14.1. The lowest BCUT2D eigenvalue weighted by atomic mass is 9.32. The second kappa shape index (κ2) is 8.37. The van der Waals surface area contributed by atoms with Crippen LogP contribution in [-0.2, 0) is 22.0 Å². The summed E-state index contributed by atoms with van der Waals surface area (Å²) in [6.45, 7) is 20.1. The van der Waals surface area contributed by atoms with Gasteiger partial charge >= 0.3 is 5.97 Å². The molecule has 228 valence electrons. The van der Waals surface area contributed by atoms with Crippen molar-refractivity contribution in [3.63, 3.8) is 0 Å². The van der Waals surface area contributed by atoms with Gasteiger partial charge in [-0.3, -0.25) is 4.79 Å². The summed E-state index contributed by atoms with van der Waals surface area (Å²) in [6, 6.07) is 4.95. The summed E-state index contributed by atoms with van der Waals surface area (Å²) in [5.74, 6) is 4.06. The minimum atomic E-state index is -0.511. The van der Waals surface area contributed by atoms with Crippen LogP contribution in [0, 0.1) is 51.2 Å². The number of fused-ring (bicyclic) bond motifs is 5. The molecule has 2 nitrogen and oxygen atoms in total. The van der Waals surface area contributed by atoms with Gasteiger partial charge in [-0.25, -0.2) is 0 Å². The van der Waals surface area contributed by atoms with Crippen LogP contribution in [-0.4, -0.2) is 5.97 Å². The Morgan fingerprint density at radius 1 is 0.810 bits per heavy atom. The predicted octanol–water partition coefficient (Wildman–Crippen LogP) is 10.1. The van der Waals surface area contributed by atoms with Gasteiger partial charge in [0.2, 0.25) is 0 Å². The maximum absolute atomic E-state index is 14.7. The number of aryl methyl sites for hydroxylation is 1. The highest BCUT2D eigenvalue weighted by Gasteiger charge is 2.74. The van der Waals surface area contributed by atoms with Crippen LogP contribution in [0.2, 0.25) is 0 Å². The highest BCUT2D eigenvalue weighted by molar-refractivity contribution is 5.93. The van der Waals surface area contributed by atoms with E-state index in [0.29, 0.717) is 34.5 Å². The van der Waals surface area contributed by atoms with Crippen molar-refractivity contribution in [1.82, 2.24) is 0 Å². The first kappa shape index (κ1) is 27.9. The van der Waals surface area contributed by atoms with Crippen LogP contribution in [0.25, 0.3) is 0 Å². The van der Waals surface area contributed by atoms with Gasteiger partial charge in [0.15, 0.2) is 0 Å². The molecule has 0 aromatic heterocycles. The Morgan fingerprint density at radius 2 is 1.52 bits per heavy atom. The third-order valence-corrected chi connectivity index (χ3v) is 15.7. The fourth-order valence-electron chi connectivity index (χ4n) is 14.1. The monoisotopic (exact) mass is 568 g/mol. The third kappa shape index (κ3) is 3.16. The van der Waals surface area contributed by atoms with Crippen molar-refractivity contribution in [2.45, 2.75) is 143 Å². The van der Waals surface area contributed by atoms with Gasteiger partial charge < -0.3 is 4.74 Å². The van der Waals surface area contributed by atoms with Crippen molar-refractivity contribution in [3.05, 3.63) is 40.5 Å². The van der Waals surface area contributed by atoms with Gasteiger partial charge in [-0.05, 0) is 133 Å². The summed E-state index contributed by atoms with van der Waals surface area (Å²) in [5.41, 5.74) is 6.57. The smallest absolute Gasteiger partial charge is 0.323 e. The van der Waals surface area contributed by atoms with E-state index in [-0.39, 0.29) is 22.2 Å². The predicted molar refractivity (Wildman–Crippen MR) is 171 cm³/mol. The largest absolute Gasteiger partial charge is 0.425 e. The Balaban J connectivity index is 1.31. The standard InChI is InChI=1S/C40H56O2/c1-24(2)27-23-39-18-13-32-36(5,6)15-10-17-38(32,8)33(39)20-26(27)22-40(39)29-19-25-11-12-31-35(3,4)14-9-16-37(31,7)28(25)21-30(29)42-34(40)41/h19,21,23-24,26,31-33H,9-18,20,22H2,1-8H3. The highest BCUT2D eigenvalue weighted by Crippen LogP contribution is 2.77. The number of allylic oxidation sites excluding steroid dienone is 2. The van der Waals surface area contributed by atoms with Gasteiger partial charge in [0.05, 0.1) is 0 Å². The van der Waals surface area contributed by atoms with Crippen molar-refractivity contribution in [2.75, 3.05) is 0 Å². The van der Waals surface area contributed by atoms with Crippen LogP contribution in [0.3, 0.4) is 0 Å². The van der Waals surface area contributed by atoms with E-state index in [2.05, 4.69) is 73.6 Å². The molecule has 2 bridgehead atoms. The lowest BCUT2D eigenvalue weighted by Gasteiger charge is -2.70. The van der Waals surface area contributed by atoms with E-state index >= 15 is 0 Å². The zero-order chi connectivity index (χ0) is 29.7. The average Bonchev–Trinajstić information content (AvgIpc) is 3.17. The van der Waals surface area contributed by atoms with Crippen LogP contribution in [0.1, 0.15) is 143 Å². The Labute approximate surface area is 255 Å². The molecule has 1 aromatic carbocycles. The summed E-state index contributed by atoms with van der Waals surface area (Å²) < 4.78 is 6.58. The molecule has 9 rings (SSSR count). The molecule has 42 heavy (non-hydrogen) atoms. The molecule has 8 aliphatic rings. The van der Waals surface area contributed by atoms with Gasteiger partial charge in [0.1, 0.15) is 11.2 Å². The minimum absolute atomic E-state index is 0.0939. The maximum Gasteiger partial charge on any atom is 0.323 e. The zero-order valence-electron chi connectivity index (χ0n) is 27.9. The van der Waals surface area contributed by atoms with Crippen LogP contribution >= 0.6 is 0 Å². The van der Waals surface area contributed by atoms with E-state index in [4.69, 9.17) is 4.74 Å². The Morgan fingerprint density at radius 3 is 2.26 bits per heavy atom. The normalized spacial score (nSPS) is 45.8. The van der Waals surface area contributed by atoms with Gasteiger partial charge in [0.25, 0.3) is 0 Å². The molecule has 0 N–H and O–H groups in total. The van der Waals surface area contributed by atoms with Crippen LogP contribution in [0.15, 0.2) is 23.8 Å². The van der Waals surface area contributed by atoms with Crippen molar-refractivity contribution in [1.29, 1.82) is 0 Å². The molecule has 1 aromatic rings. The molecule has 2 heteroatoms. The summed E-state index contributed by atoms with van der Waals surface area (Å²) >= 11 is 0. The molecule has 2 spiro atoms. The zero-order valence-corrected chi connectivity index (χ0v) is 27.9. The number of hydrogen-bond donors (Lipinski definition) is 0. The molecule has 0 saturated heterocycles. The van der Waals surface area contributed by atoms with Crippen LogP contribution in [0.4, 0.5) is 0 Å². The number of ether oxygens (including phenoxy) is 1. The fraction of sp³-hybridized carbons (Fsp3) is 0.775. The van der Waals surface area contributed by atoms with Crippen molar-refractivity contribution in [3.8, 4) is 5.75 Å². The van der Waals surface area contributed by atoms with E-state index in [9.17, 15) is 4.79 Å². The quantitative estimate of drug-likeness (QED) is 0.191. The van der Waals surface area contributed by atoms with Gasteiger partial charge in [-0.2, -0.15) is 0 Å². The molecule has 7 aliphatic carbocycles. The summed E-state index contributed by atoms with van der Waals surface area (Å²) in [6.07, 6.45) is 17.7. The Hall–Kier alpha value is -1.57. The van der Waals surface area contributed by atoms with Crippen molar-refractivity contribution < 1.29 is 9.53 Å². The maximum atomic E-state index is 14.7. The van der Waals surface area contributed by atoms with E-state index in [1.165, 1.54) is 74.5 Å². The van der Waals surface area contributed by atoms with Gasteiger partial charge in [-0.1, -0.05) is 85.9 Å². The number of benzene rings is 1. The molecule has 0 amide bonds. The second-order valence-electron chi connectivity index (χ2n) is 18.6. The SMILES string of the molecule is CC(C)C1=CC23CCC4C(C)(C)CCCC4(C)C2CC1CC31C(=O)Oc2cc3c(cc21)CCC1C(C)(C)CCCC31C. The molecule has 8 atom stereocenters. The average molecular weight is 569 g/mol. The Kier molecular flexibility index (Phi) is 5.57. The van der Waals surface area contributed by atoms with E-state index in [0.717, 1.165) is 30.9 Å². The molecular weight excluding hydrogens is 512 g/mol. The lowest BCUT2D eigenvalue weighted by Crippen LogP contribution is -2.68. The first-order valence-electron chi connectivity index (χ1n) is 17.8. The first-order chi connectivity index (χ1) is 19.7. The van der Waals surface area contributed by atoms with Gasteiger partial charge in [0, 0.05) is 11.0 Å². The third-order valence-electron chi connectivity index (χ3n) is 15.7. The summed E-state index contributed by atoms with van der Waals surface area (Å²) in [7, 11) is 0. The topological polar surface area (TPSA) is 26.3 Å². The van der Waals surface area contributed by atoms with E-state index in [1.807, 2.05) is 0 Å². The van der Waals surface area contributed by atoms with Crippen molar-refractivity contribution in [2.24, 2.45) is 51.2 Å². The molecule has 4 saturated carbocycles. The molecule has 1 heterocycles. The van der Waals surface area contributed by atoms with Crippen molar-refractivity contribution >= 4 is 5.97 Å². The second-order valence-corrected chi connectivity index (χ2v) is 18.6. The van der Waals surface area contributed by atoms with Crippen LogP contribution < -0.4 is 4.74 Å². The highest BCUT2D eigenvalue weighted by atomic mass is 16.5. The number of hydrogen-bond acceptors (Lipinski definition) is 2. The molecule has 1 aliphatic heterocycles. The van der Waals surface area contributed by atoms with Crippen LogP contribution in [0.5, 0.6) is 5.75 Å². The molecule has 4 fully saturated rings. The first-order valence-corrected chi connectivity index (χ1v) is 17.8. The van der Waals surface area contributed by atoms with E-state index < -0.39 is 5.41 Å². The lowest BCUT2D eigenvalue weighted by molar-refractivity contribution is -0.185. The summed E-state index contributed by atoms with van der Waals surface area (Å²) in [5, 5.41) is 0. The number of esters is 1. The number of carbonyl (C=O) groups is 1. The molecular formula is C40H56O2. The molecule has 8 unspecified atom stereocenters. The molecule has 0 radical (unpaired) electrons.